The van der Waals surface area contributed by atoms with Gasteiger partial charge in [0.2, 0.25) is 0 Å². The number of aliphatic carboxylic acids is 1. The third-order valence-corrected chi connectivity index (χ3v) is 7.59. The summed E-state index contributed by atoms with van der Waals surface area (Å²) in [7, 11) is 1.63. The normalized spacial score (nSPS) is 19.3. The summed E-state index contributed by atoms with van der Waals surface area (Å²) in [5.74, 6) is 0.405. The minimum absolute atomic E-state index is 0.108. The number of aromatic nitrogens is 1. The molecule has 0 spiro atoms. The van der Waals surface area contributed by atoms with Crippen LogP contribution in [0.25, 0.3) is 10.9 Å². The second-order valence-corrected chi connectivity index (χ2v) is 10.2. The van der Waals surface area contributed by atoms with Gasteiger partial charge < -0.3 is 19.8 Å². The maximum atomic E-state index is 11.6. The minimum Gasteiger partial charge on any atom is -0.497 e. The molecular formula is C30H38N2O4. The fourth-order valence-electron chi connectivity index (χ4n) is 5.66. The standard InChI is InChI=1S/C30H38N2O4/c1-21-5-3-6-22(17-21)7-4-15-32-16-13-23(24(20-32)18-30(34)35)8-11-29(33)26-12-14-31-28-10-9-25(36-2)19-27(26)28/h3,5-6,9-10,12,14,17,19,23-24,29,33H,4,7-8,11,13,15-16,18,20H2,1-2H3,(H,34,35)/t23-,24+,29?/m1/s1. The van der Waals surface area contributed by atoms with Crippen molar-refractivity contribution in [1.82, 2.24) is 9.88 Å². The maximum Gasteiger partial charge on any atom is 0.303 e. The lowest BCUT2D eigenvalue weighted by atomic mass is 9.79. The van der Waals surface area contributed by atoms with E-state index in [1.54, 1.807) is 13.3 Å². The van der Waals surface area contributed by atoms with E-state index in [0.717, 1.165) is 67.5 Å². The molecule has 3 atom stereocenters. The number of benzene rings is 2. The lowest BCUT2D eigenvalue weighted by Gasteiger charge is -2.38. The molecule has 0 amide bonds. The van der Waals surface area contributed by atoms with E-state index in [2.05, 4.69) is 41.1 Å². The Kier molecular flexibility index (Phi) is 8.94. The number of rotatable bonds is 11. The Morgan fingerprint density at radius 2 is 2.06 bits per heavy atom. The first-order chi connectivity index (χ1) is 17.4. The number of carboxylic acid groups (broad SMARTS) is 1. The largest absolute Gasteiger partial charge is 0.497 e. The van der Waals surface area contributed by atoms with Gasteiger partial charge in [-0.05, 0) is 99.3 Å². The number of aliphatic hydroxyl groups excluding tert-OH is 1. The molecule has 2 heterocycles. The number of methoxy groups -OCH3 is 1. The number of aliphatic hydroxyl groups is 1. The number of hydrogen-bond donors (Lipinski definition) is 2. The molecule has 2 aromatic carbocycles. The highest BCUT2D eigenvalue weighted by atomic mass is 16.5. The van der Waals surface area contributed by atoms with Crippen molar-refractivity contribution in [3.63, 3.8) is 0 Å². The van der Waals surface area contributed by atoms with Gasteiger partial charge in [-0.1, -0.05) is 29.8 Å². The van der Waals surface area contributed by atoms with Crippen LogP contribution in [0.4, 0.5) is 0 Å². The van der Waals surface area contributed by atoms with Crippen molar-refractivity contribution < 1.29 is 19.7 Å². The summed E-state index contributed by atoms with van der Waals surface area (Å²) in [6.07, 6.45) is 5.79. The summed E-state index contributed by atoms with van der Waals surface area (Å²) < 4.78 is 5.36. The van der Waals surface area contributed by atoms with Crippen LogP contribution in [0.1, 0.15) is 54.9 Å². The fraction of sp³-hybridized carbons (Fsp3) is 0.467. The van der Waals surface area contributed by atoms with Crippen molar-refractivity contribution in [3.8, 4) is 5.75 Å². The van der Waals surface area contributed by atoms with Crippen LogP contribution in [-0.2, 0) is 11.2 Å². The number of fused-ring (bicyclic) bond motifs is 1. The Balaban J connectivity index is 1.34. The summed E-state index contributed by atoms with van der Waals surface area (Å²) in [6.45, 7) is 4.91. The van der Waals surface area contributed by atoms with Crippen LogP contribution in [0, 0.1) is 18.8 Å². The molecule has 3 aromatic rings. The molecule has 2 N–H and O–H groups in total. The number of ether oxygens (including phenoxy) is 1. The predicted molar refractivity (Wildman–Crippen MR) is 142 cm³/mol. The number of carbonyl (C=O) groups is 1. The van der Waals surface area contributed by atoms with E-state index < -0.39 is 12.1 Å². The number of pyridine rings is 1. The molecule has 0 bridgehead atoms. The van der Waals surface area contributed by atoms with Crippen molar-refractivity contribution in [1.29, 1.82) is 0 Å². The highest BCUT2D eigenvalue weighted by molar-refractivity contribution is 5.83. The lowest BCUT2D eigenvalue weighted by molar-refractivity contribution is -0.139. The highest BCUT2D eigenvalue weighted by Crippen LogP contribution is 2.34. The summed E-state index contributed by atoms with van der Waals surface area (Å²) in [4.78, 5) is 18.5. The number of piperidine rings is 1. The zero-order valence-electron chi connectivity index (χ0n) is 21.4. The molecule has 1 aliphatic rings. The lowest BCUT2D eigenvalue weighted by Crippen LogP contribution is -2.42. The van der Waals surface area contributed by atoms with Crippen molar-refractivity contribution >= 4 is 16.9 Å². The molecule has 1 aliphatic heterocycles. The SMILES string of the molecule is COc1ccc2nccc(C(O)CC[C@@H]3CCN(CCCc4cccc(C)c4)C[C@@H]3CC(=O)O)c2c1. The van der Waals surface area contributed by atoms with E-state index in [4.69, 9.17) is 4.74 Å². The zero-order chi connectivity index (χ0) is 25.5. The van der Waals surface area contributed by atoms with Gasteiger partial charge in [0.1, 0.15) is 5.75 Å². The smallest absolute Gasteiger partial charge is 0.303 e. The number of hydrogen-bond acceptors (Lipinski definition) is 5. The third-order valence-electron chi connectivity index (χ3n) is 7.59. The molecule has 4 rings (SSSR count). The zero-order valence-corrected chi connectivity index (χ0v) is 21.4. The average molecular weight is 491 g/mol. The Morgan fingerprint density at radius 1 is 1.19 bits per heavy atom. The highest BCUT2D eigenvalue weighted by Gasteiger charge is 2.31. The second-order valence-electron chi connectivity index (χ2n) is 10.2. The molecule has 1 fully saturated rings. The molecule has 192 valence electrons. The monoisotopic (exact) mass is 490 g/mol. The van der Waals surface area contributed by atoms with Gasteiger partial charge in [0, 0.05) is 24.5 Å². The Morgan fingerprint density at radius 3 is 2.83 bits per heavy atom. The molecule has 1 aromatic heterocycles. The summed E-state index contributed by atoms with van der Waals surface area (Å²) in [6, 6.07) is 16.2. The first-order valence-corrected chi connectivity index (χ1v) is 13.0. The number of nitrogens with zero attached hydrogens (tertiary/aromatic N) is 2. The molecule has 6 heteroatoms. The minimum atomic E-state index is -0.737. The van der Waals surface area contributed by atoms with Crippen molar-refractivity contribution in [2.24, 2.45) is 11.8 Å². The van der Waals surface area contributed by atoms with Gasteiger partial charge in [-0.15, -0.1) is 0 Å². The topological polar surface area (TPSA) is 82.9 Å². The number of carboxylic acids is 1. The van der Waals surface area contributed by atoms with Gasteiger partial charge in [0.05, 0.1) is 18.7 Å². The van der Waals surface area contributed by atoms with Crippen LogP contribution in [-0.4, -0.2) is 52.8 Å². The van der Waals surface area contributed by atoms with Crippen LogP contribution in [0.15, 0.2) is 54.7 Å². The Bertz CT molecular complexity index is 1160. The quantitative estimate of drug-likeness (QED) is 0.374. The van der Waals surface area contributed by atoms with Gasteiger partial charge in [0.15, 0.2) is 0 Å². The van der Waals surface area contributed by atoms with E-state index in [0.29, 0.717) is 12.3 Å². The summed E-state index contributed by atoms with van der Waals surface area (Å²) in [5.41, 5.74) is 4.33. The fourth-order valence-corrected chi connectivity index (χ4v) is 5.66. The second kappa shape index (κ2) is 12.3. The van der Waals surface area contributed by atoms with E-state index >= 15 is 0 Å². The average Bonchev–Trinajstić information content (AvgIpc) is 2.87. The van der Waals surface area contributed by atoms with Crippen molar-refractivity contribution in [2.45, 2.75) is 51.6 Å². The Labute approximate surface area is 213 Å². The summed E-state index contributed by atoms with van der Waals surface area (Å²) in [5, 5.41) is 21.5. The van der Waals surface area contributed by atoms with Crippen LogP contribution in [0.5, 0.6) is 5.75 Å². The predicted octanol–water partition coefficient (Wildman–Crippen LogP) is 5.41. The van der Waals surface area contributed by atoms with Crippen LogP contribution < -0.4 is 4.74 Å². The summed E-state index contributed by atoms with van der Waals surface area (Å²) >= 11 is 0. The first kappa shape index (κ1) is 26.1. The van der Waals surface area contributed by atoms with E-state index in [1.807, 2.05) is 24.3 Å². The van der Waals surface area contributed by atoms with Crippen LogP contribution in [0.3, 0.4) is 0 Å². The van der Waals surface area contributed by atoms with Gasteiger partial charge in [-0.2, -0.15) is 0 Å². The molecule has 0 aliphatic carbocycles. The van der Waals surface area contributed by atoms with E-state index in [-0.39, 0.29) is 12.3 Å². The Hall–Kier alpha value is -2.96. The third kappa shape index (κ3) is 6.83. The molecule has 1 unspecified atom stereocenters. The molecule has 0 radical (unpaired) electrons. The van der Waals surface area contributed by atoms with Gasteiger partial charge in [-0.3, -0.25) is 9.78 Å². The van der Waals surface area contributed by atoms with Crippen LogP contribution >= 0.6 is 0 Å². The molecule has 1 saturated heterocycles. The molecular weight excluding hydrogens is 452 g/mol. The van der Waals surface area contributed by atoms with Crippen molar-refractivity contribution in [3.05, 3.63) is 71.4 Å². The maximum absolute atomic E-state index is 11.6. The van der Waals surface area contributed by atoms with Crippen molar-refractivity contribution in [2.75, 3.05) is 26.7 Å². The molecule has 6 nitrogen and oxygen atoms in total. The van der Waals surface area contributed by atoms with Gasteiger partial charge in [-0.25, -0.2) is 0 Å². The number of aryl methyl sites for hydroxylation is 2. The van der Waals surface area contributed by atoms with Gasteiger partial charge in [0.25, 0.3) is 0 Å². The first-order valence-electron chi connectivity index (χ1n) is 13.0. The molecule has 36 heavy (non-hydrogen) atoms. The van der Waals surface area contributed by atoms with Gasteiger partial charge >= 0.3 is 5.97 Å². The van der Waals surface area contributed by atoms with Crippen LogP contribution in [0.2, 0.25) is 0 Å². The van der Waals surface area contributed by atoms with E-state index in [1.165, 1.54) is 11.1 Å². The van der Waals surface area contributed by atoms with E-state index in [9.17, 15) is 15.0 Å². The molecule has 0 saturated carbocycles. The number of likely N-dealkylation sites (tertiary alicyclic amines) is 1.